The molecule has 3 N–H and O–H groups in total. The normalized spacial score (nSPS) is 10.2. The molecular formula is C12H9BrFN3. The highest BCUT2D eigenvalue weighted by Crippen LogP contribution is 2.21. The van der Waals surface area contributed by atoms with Gasteiger partial charge in [0.2, 0.25) is 5.95 Å². The molecule has 0 fully saturated rings. The molecule has 2 rings (SSSR count). The zero-order chi connectivity index (χ0) is 12.4. The van der Waals surface area contributed by atoms with E-state index >= 15 is 0 Å². The van der Waals surface area contributed by atoms with Gasteiger partial charge in [-0.05, 0) is 24.3 Å². The number of nitrogens with one attached hydrogen (secondary N) is 1. The van der Waals surface area contributed by atoms with E-state index in [0.717, 1.165) is 4.47 Å². The molecule has 0 radical (unpaired) electrons. The Morgan fingerprint density at radius 1 is 1.29 bits per heavy atom. The van der Waals surface area contributed by atoms with E-state index in [1.54, 1.807) is 24.3 Å². The second-order valence-corrected chi connectivity index (χ2v) is 4.39. The molecular weight excluding hydrogens is 285 g/mol. The average molecular weight is 294 g/mol. The number of anilines is 1. The summed E-state index contributed by atoms with van der Waals surface area (Å²) in [4.78, 5) is 3.45. The largest absolute Gasteiger partial charge is 0.398 e. The highest BCUT2D eigenvalue weighted by atomic mass is 79.9. The first kappa shape index (κ1) is 11.7. The van der Waals surface area contributed by atoms with Crippen LogP contribution in [0.4, 0.5) is 10.1 Å². The Labute approximate surface area is 106 Å². The molecule has 0 aliphatic heterocycles. The maximum absolute atomic E-state index is 13.0. The third-order valence-corrected chi connectivity index (χ3v) is 2.79. The summed E-state index contributed by atoms with van der Waals surface area (Å²) < 4.78 is 13.8. The summed E-state index contributed by atoms with van der Waals surface area (Å²) in [6.07, 6.45) is 1.33. The van der Waals surface area contributed by atoms with Crippen molar-refractivity contribution in [2.24, 2.45) is 0 Å². The second-order valence-electron chi connectivity index (χ2n) is 3.47. The monoisotopic (exact) mass is 293 g/mol. The predicted molar refractivity (Wildman–Crippen MR) is 68.7 cm³/mol. The van der Waals surface area contributed by atoms with Crippen LogP contribution in [0.2, 0.25) is 0 Å². The summed E-state index contributed by atoms with van der Waals surface area (Å²) in [5, 5.41) is 7.99. The Morgan fingerprint density at radius 3 is 2.71 bits per heavy atom. The molecule has 5 heteroatoms. The predicted octanol–water partition coefficient (Wildman–Crippen LogP) is 2.98. The van der Waals surface area contributed by atoms with Crippen LogP contribution in [0.1, 0.15) is 11.1 Å². The summed E-state index contributed by atoms with van der Waals surface area (Å²) in [5.41, 5.74) is 7.49. The van der Waals surface area contributed by atoms with E-state index in [4.69, 9.17) is 11.1 Å². The molecule has 2 aromatic rings. The molecule has 0 aliphatic rings. The molecule has 3 nitrogen and oxygen atoms in total. The van der Waals surface area contributed by atoms with Crippen LogP contribution in [0.15, 0.2) is 41.0 Å². The van der Waals surface area contributed by atoms with Gasteiger partial charge in [-0.15, -0.1) is 0 Å². The zero-order valence-electron chi connectivity index (χ0n) is 8.74. The van der Waals surface area contributed by atoms with Crippen molar-refractivity contribution >= 4 is 27.3 Å². The number of pyridine rings is 1. The van der Waals surface area contributed by atoms with Crippen LogP contribution in [-0.4, -0.2) is 10.7 Å². The van der Waals surface area contributed by atoms with Gasteiger partial charge in [0, 0.05) is 33.6 Å². The number of hydrogen-bond acceptors (Lipinski definition) is 3. The van der Waals surface area contributed by atoms with Crippen LogP contribution < -0.4 is 5.73 Å². The van der Waals surface area contributed by atoms with Crippen molar-refractivity contribution in [2.45, 2.75) is 0 Å². The molecule has 0 saturated heterocycles. The number of nitrogen functional groups attached to an aromatic ring is 1. The third kappa shape index (κ3) is 2.50. The molecule has 0 saturated carbocycles. The molecule has 0 bridgehead atoms. The topological polar surface area (TPSA) is 62.8 Å². The summed E-state index contributed by atoms with van der Waals surface area (Å²) in [6, 6.07) is 8.01. The number of benzene rings is 1. The summed E-state index contributed by atoms with van der Waals surface area (Å²) in [6.45, 7) is 0. The smallest absolute Gasteiger partial charge is 0.213 e. The van der Waals surface area contributed by atoms with Crippen molar-refractivity contribution < 1.29 is 4.39 Å². The van der Waals surface area contributed by atoms with Gasteiger partial charge in [-0.25, -0.2) is 4.98 Å². The number of nitrogens with two attached hydrogens (primary N) is 1. The van der Waals surface area contributed by atoms with Crippen LogP contribution in [0.25, 0.3) is 0 Å². The minimum absolute atomic E-state index is 0.177. The molecule has 1 heterocycles. The van der Waals surface area contributed by atoms with Gasteiger partial charge < -0.3 is 5.73 Å². The summed E-state index contributed by atoms with van der Waals surface area (Å²) >= 11 is 3.29. The van der Waals surface area contributed by atoms with Crippen molar-refractivity contribution in [2.75, 3.05) is 5.73 Å². The maximum atomic E-state index is 13.0. The first-order valence-electron chi connectivity index (χ1n) is 4.84. The van der Waals surface area contributed by atoms with Gasteiger partial charge in [-0.3, -0.25) is 5.41 Å². The maximum Gasteiger partial charge on any atom is 0.213 e. The molecule has 1 aromatic carbocycles. The fraction of sp³-hybridized carbons (Fsp3) is 0. The van der Waals surface area contributed by atoms with Gasteiger partial charge in [0.05, 0.1) is 5.71 Å². The fourth-order valence-electron chi connectivity index (χ4n) is 1.47. The Balaban J connectivity index is 2.44. The van der Waals surface area contributed by atoms with Crippen molar-refractivity contribution in [3.63, 3.8) is 0 Å². The highest BCUT2D eigenvalue weighted by molar-refractivity contribution is 9.10. The number of aromatic nitrogens is 1. The first-order valence-corrected chi connectivity index (χ1v) is 5.63. The lowest BCUT2D eigenvalue weighted by molar-refractivity contribution is 0.583. The van der Waals surface area contributed by atoms with Gasteiger partial charge in [0.25, 0.3) is 0 Å². The van der Waals surface area contributed by atoms with Gasteiger partial charge in [0.1, 0.15) is 0 Å². The van der Waals surface area contributed by atoms with Crippen molar-refractivity contribution in [3.05, 3.63) is 58.1 Å². The number of rotatable bonds is 2. The van der Waals surface area contributed by atoms with Gasteiger partial charge >= 0.3 is 0 Å². The lowest BCUT2D eigenvalue weighted by Crippen LogP contribution is -2.06. The van der Waals surface area contributed by atoms with Crippen LogP contribution in [0, 0.1) is 11.4 Å². The van der Waals surface area contributed by atoms with Crippen LogP contribution in [-0.2, 0) is 0 Å². The van der Waals surface area contributed by atoms with Gasteiger partial charge in [-0.1, -0.05) is 15.9 Å². The number of halogens is 2. The SMILES string of the molecule is N=C(c1ccnc(F)c1)c1ccc(Br)cc1N. The second kappa shape index (κ2) is 4.63. The van der Waals surface area contributed by atoms with Gasteiger partial charge in [0.15, 0.2) is 0 Å². The standard InChI is InChI=1S/C12H9BrFN3/c13-8-1-2-9(10(15)6-8)12(16)7-3-4-17-11(14)5-7/h1-6,16H,15H2. The Morgan fingerprint density at radius 2 is 2.06 bits per heavy atom. The van der Waals surface area contributed by atoms with Crippen molar-refractivity contribution in [1.82, 2.24) is 4.98 Å². The van der Waals surface area contributed by atoms with Crippen molar-refractivity contribution in [3.8, 4) is 0 Å². The fourth-order valence-corrected chi connectivity index (χ4v) is 1.85. The van der Waals surface area contributed by atoms with E-state index in [-0.39, 0.29) is 5.71 Å². The molecule has 86 valence electrons. The summed E-state index contributed by atoms with van der Waals surface area (Å²) in [5.74, 6) is -0.608. The van der Waals surface area contributed by atoms with Crippen LogP contribution >= 0.6 is 15.9 Å². The lowest BCUT2D eigenvalue weighted by atomic mass is 10.0. The van der Waals surface area contributed by atoms with E-state index < -0.39 is 5.95 Å². The minimum atomic E-state index is -0.608. The van der Waals surface area contributed by atoms with E-state index in [1.807, 2.05) is 0 Å². The van der Waals surface area contributed by atoms with E-state index in [9.17, 15) is 4.39 Å². The third-order valence-electron chi connectivity index (χ3n) is 2.30. The first-order chi connectivity index (χ1) is 8.08. The van der Waals surface area contributed by atoms with E-state index in [0.29, 0.717) is 16.8 Å². The number of nitrogens with zero attached hydrogens (tertiary/aromatic N) is 1. The minimum Gasteiger partial charge on any atom is -0.398 e. The molecule has 0 aliphatic carbocycles. The molecule has 0 amide bonds. The number of hydrogen-bond donors (Lipinski definition) is 2. The van der Waals surface area contributed by atoms with Gasteiger partial charge in [-0.2, -0.15) is 4.39 Å². The van der Waals surface area contributed by atoms with Crippen LogP contribution in [0.3, 0.4) is 0 Å². The highest BCUT2D eigenvalue weighted by Gasteiger charge is 2.09. The summed E-state index contributed by atoms with van der Waals surface area (Å²) in [7, 11) is 0. The molecule has 17 heavy (non-hydrogen) atoms. The Bertz CT molecular complexity index is 584. The van der Waals surface area contributed by atoms with Crippen LogP contribution in [0.5, 0.6) is 0 Å². The Kier molecular flexibility index (Phi) is 3.19. The molecule has 0 unspecified atom stereocenters. The van der Waals surface area contributed by atoms with Crippen molar-refractivity contribution in [1.29, 1.82) is 5.41 Å². The Hall–Kier alpha value is -1.75. The quantitative estimate of drug-likeness (QED) is 0.508. The lowest BCUT2D eigenvalue weighted by Gasteiger charge is -2.08. The molecule has 1 aromatic heterocycles. The zero-order valence-corrected chi connectivity index (χ0v) is 10.3. The van der Waals surface area contributed by atoms with E-state index in [2.05, 4.69) is 20.9 Å². The van der Waals surface area contributed by atoms with E-state index in [1.165, 1.54) is 12.3 Å². The molecule has 0 atom stereocenters. The average Bonchev–Trinajstić information content (AvgIpc) is 2.28. The molecule has 0 spiro atoms.